The first-order valence-corrected chi connectivity index (χ1v) is 4.88. The van der Waals surface area contributed by atoms with Crippen molar-refractivity contribution in [3.8, 4) is 0 Å². The van der Waals surface area contributed by atoms with Crippen LogP contribution in [0.3, 0.4) is 0 Å². The minimum Gasteiger partial charge on any atom is -0.439 e. The summed E-state index contributed by atoms with van der Waals surface area (Å²) >= 11 is 3.20. The molecule has 4 heteroatoms. The molecule has 3 nitrogen and oxygen atoms in total. The number of likely N-dealkylation sites (tertiary alicyclic amines) is 1. The van der Waals surface area contributed by atoms with Gasteiger partial charge in [-0.05, 0) is 26.4 Å². The Hall–Kier alpha value is -0.350. The van der Waals surface area contributed by atoms with E-state index in [-0.39, 0.29) is 0 Å². The highest BCUT2D eigenvalue weighted by molar-refractivity contribution is 9.10. The standard InChI is InChI=1S/C8H11BrN2O/c1-11-4-2-3-7(11)6-5-12-8(9)10-6/h5,7H,2-4H2,1H3. The van der Waals surface area contributed by atoms with Crippen LogP contribution in [0.5, 0.6) is 0 Å². The molecule has 1 fully saturated rings. The smallest absolute Gasteiger partial charge is 0.264 e. The van der Waals surface area contributed by atoms with E-state index in [9.17, 15) is 0 Å². The Labute approximate surface area is 79.9 Å². The number of halogens is 1. The van der Waals surface area contributed by atoms with Crippen molar-refractivity contribution in [1.82, 2.24) is 9.88 Å². The molecule has 0 spiro atoms. The Morgan fingerprint density at radius 2 is 2.58 bits per heavy atom. The summed E-state index contributed by atoms with van der Waals surface area (Å²) in [6.45, 7) is 1.16. The van der Waals surface area contributed by atoms with Gasteiger partial charge in [-0.3, -0.25) is 4.90 Å². The minimum absolute atomic E-state index is 0.458. The van der Waals surface area contributed by atoms with Gasteiger partial charge in [0.15, 0.2) is 0 Å². The van der Waals surface area contributed by atoms with E-state index >= 15 is 0 Å². The molecular weight excluding hydrogens is 220 g/mol. The molecule has 1 aliphatic rings. The van der Waals surface area contributed by atoms with Crippen molar-refractivity contribution in [2.75, 3.05) is 13.6 Å². The van der Waals surface area contributed by atoms with Crippen molar-refractivity contribution < 1.29 is 4.42 Å². The van der Waals surface area contributed by atoms with Crippen molar-refractivity contribution in [3.05, 3.63) is 16.8 Å². The van der Waals surface area contributed by atoms with Gasteiger partial charge in [0.2, 0.25) is 0 Å². The summed E-state index contributed by atoms with van der Waals surface area (Å²) in [6.07, 6.45) is 4.18. The van der Waals surface area contributed by atoms with E-state index in [0.717, 1.165) is 12.2 Å². The first-order chi connectivity index (χ1) is 5.77. The van der Waals surface area contributed by atoms with E-state index in [4.69, 9.17) is 4.42 Å². The lowest BCUT2D eigenvalue weighted by Crippen LogP contribution is -2.17. The van der Waals surface area contributed by atoms with Crippen LogP contribution in [-0.4, -0.2) is 23.5 Å². The van der Waals surface area contributed by atoms with Gasteiger partial charge in [-0.15, -0.1) is 0 Å². The van der Waals surface area contributed by atoms with E-state index in [1.807, 2.05) is 0 Å². The largest absolute Gasteiger partial charge is 0.439 e. The lowest BCUT2D eigenvalue weighted by Gasteiger charge is -2.15. The number of oxazole rings is 1. The summed E-state index contributed by atoms with van der Waals surface area (Å²) in [5, 5.41) is 0. The zero-order chi connectivity index (χ0) is 8.55. The zero-order valence-electron chi connectivity index (χ0n) is 6.96. The molecule has 0 radical (unpaired) electrons. The topological polar surface area (TPSA) is 29.3 Å². The average Bonchev–Trinajstić information content (AvgIpc) is 2.58. The van der Waals surface area contributed by atoms with Gasteiger partial charge in [-0.2, -0.15) is 0 Å². The van der Waals surface area contributed by atoms with Gasteiger partial charge < -0.3 is 4.42 Å². The third-order valence-corrected chi connectivity index (χ3v) is 2.72. The monoisotopic (exact) mass is 230 g/mol. The lowest BCUT2D eigenvalue weighted by atomic mass is 10.2. The van der Waals surface area contributed by atoms with Crippen LogP contribution in [0.1, 0.15) is 24.6 Å². The molecule has 66 valence electrons. The summed E-state index contributed by atoms with van der Waals surface area (Å²) < 4.78 is 5.10. The molecule has 0 aliphatic carbocycles. The third-order valence-electron chi connectivity index (χ3n) is 2.36. The molecule has 0 saturated carbocycles. The highest BCUT2D eigenvalue weighted by Gasteiger charge is 2.24. The van der Waals surface area contributed by atoms with Gasteiger partial charge in [0.1, 0.15) is 6.26 Å². The Bertz CT molecular complexity index is 274. The molecule has 0 bridgehead atoms. The summed E-state index contributed by atoms with van der Waals surface area (Å²) in [7, 11) is 2.13. The molecule has 2 rings (SSSR count). The van der Waals surface area contributed by atoms with E-state index in [0.29, 0.717) is 10.8 Å². The number of hydrogen-bond donors (Lipinski definition) is 0. The quantitative estimate of drug-likeness (QED) is 0.741. The van der Waals surface area contributed by atoms with E-state index in [1.165, 1.54) is 12.8 Å². The molecule has 1 unspecified atom stereocenters. The van der Waals surface area contributed by atoms with Crippen LogP contribution < -0.4 is 0 Å². The van der Waals surface area contributed by atoms with Crippen molar-refractivity contribution >= 4 is 15.9 Å². The van der Waals surface area contributed by atoms with Crippen molar-refractivity contribution in [3.63, 3.8) is 0 Å². The molecule has 2 heterocycles. The number of aromatic nitrogens is 1. The fourth-order valence-electron chi connectivity index (χ4n) is 1.70. The fraction of sp³-hybridized carbons (Fsp3) is 0.625. The maximum atomic E-state index is 5.10. The summed E-state index contributed by atoms with van der Waals surface area (Å²) in [4.78, 5) is 7.14. The summed E-state index contributed by atoms with van der Waals surface area (Å²) in [5.41, 5.74) is 1.04. The lowest BCUT2D eigenvalue weighted by molar-refractivity contribution is 0.311. The van der Waals surface area contributed by atoms with E-state index < -0.39 is 0 Å². The highest BCUT2D eigenvalue weighted by atomic mass is 79.9. The molecule has 1 aliphatic heterocycles. The van der Waals surface area contributed by atoms with E-state index in [2.05, 4.69) is 32.9 Å². The maximum absolute atomic E-state index is 5.10. The molecule has 1 aromatic rings. The third kappa shape index (κ3) is 1.41. The zero-order valence-corrected chi connectivity index (χ0v) is 8.54. The Morgan fingerprint density at radius 1 is 1.75 bits per heavy atom. The van der Waals surface area contributed by atoms with Gasteiger partial charge in [0.25, 0.3) is 4.80 Å². The summed E-state index contributed by atoms with van der Waals surface area (Å²) in [6, 6.07) is 0.458. The van der Waals surface area contributed by atoms with Crippen molar-refractivity contribution in [2.45, 2.75) is 18.9 Å². The normalized spacial score (nSPS) is 25.0. The van der Waals surface area contributed by atoms with Crippen LogP contribution in [-0.2, 0) is 0 Å². The van der Waals surface area contributed by atoms with Gasteiger partial charge >= 0.3 is 0 Å². The number of nitrogens with zero attached hydrogens (tertiary/aromatic N) is 2. The van der Waals surface area contributed by atoms with Crippen molar-refractivity contribution in [1.29, 1.82) is 0 Å². The minimum atomic E-state index is 0.458. The second kappa shape index (κ2) is 3.18. The second-order valence-corrected chi connectivity index (χ2v) is 3.84. The molecule has 0 amide bonds. The molecule has 0 aromatic carbocycles. The van der Waals surface area contributed by atoms with Crippen LogP contribution in [0.25, 0.3) is 0 Å². The Balaban J connectivity index is 2.19. The highest BCUT2D eigenvalue weighted by Crippen LogP contribution is 2.30. The van der Waals surface area contributed by atoms with Crippen molar-refractivity contribution in [2.24, 2.45) is 0 Å². The van der Waals surface area contributed by atoms with Gasteiger partial charge in [-0.1, -0.05) is 0 Å². The fourth-order valence-corrected chi connectivity index (χ4v) is 2.00. The molecule has 12 heavy (non-hydrogen) atoms. The predicted octanol–water partition coefficient (Wildman–Crippen LogP) is 2.20. The van der Waals surface area contributed by atoms with Gasteiger partial charge in [0, 0.05) is 15.9 Å². The van der Waals surface area contributed by atoms with Crippen LogP contribution in [0.4, 0.5) is 0 Å². The van der Waals surface area contributed by atoms with Gasteiger partial charge in [0.05, 0.1) is 11.7 Å². The first kappa shape index (κ1) is 8.26. The van der Waals surface area contributed by atoms with Crippen LogP contribution >= 0.6 is 15.9 Å². The molecule has 1 saturated heterocycles. The number of rotatable bonds is 1. The molecule has 1 aromatic heterocycles. The average molecular weight is 231 g/mol. The maximum Gasteiger partial charge on any atom is 0.264 e. The molecule has 1 atom stereocenters. The summed E-state index contributed by atoms with van der Waals surface area (Å²) in [5.74, 6) is 0. The molecular formula is C8H11BrN2O. The van der Waals surface area contributed by atoms with Crippen LogP contribution in [0.15, 0.2) is 15.5 Å². The van der Waals surface area contributed by atoms with Crippen LogP contribution in [0.2, 0.25) is 0 Å². The number of hydrogen-bond acceptors (Lipinski definition) is 3. The van der Waals surface area contributed by atoms with E-state index in [1.54, 1.807) is 6.26 Å². The SMILES string of the molecule is CN1CCCC1c1coc(Br)n1. The van der Waals surface area contributed by atoms with Gasteiger partial charge in [-0.25, -0.2) is 4.98 Å². The molecule has 0 N–H and O–H groups in total. The Kier molecular flexibility index (Phi) is 2.19. The predicted molar refractivity (Wildman–Crippen MR) is 48.8 cm³/mol. The Morgan fingerprint density at radius 3 is 3.08 bits per heavy atom. The first-order valence-electron chi connectivity index (χ1n) is 4.08. The second-order valence-electron chi connectivity index (χ2n) is 3.16. The van der Waals surface area contributed by atoms with Crippen LogP contribution in [0, 0.1) is 0 Å².